The molecule has 0 amide bonds. The monoisotopic (exact) mass is 263 g/mol. The number of hydrogen-bond donors (Lipinski definition) is 2. The molecule has 0 saturated heterocycles. The number of H-pyrrole nitrogens is 1. The van der Waals surface area contributed by atoms with Crippen LogP contribution in [0.15, 0.2) is 28.2 Å². The minimum atomic E-state index is -0.134. The smallest absolute Gasteiger partial charge is 0.259 e. The Bertz CT molecular complexity index is 621. The first-order valence-corrected chi connectivity index (χ1v) is 6.81. The summed E-state index contributed by atoms with van der Waals surface area (Å²) >= 11 is 1.59. The summed E-state index contributed by atoms with van der Waals surface area (Å²) in [6.45, 7) is 6.43. The minimum absolute atomic E-state index is 0.134. The highest BCUT2D eigenvalue weighted by Crippen LogP contribution is 2.25. The van der Waals surface area contributed by atoms with Gasteiger partial charge < -0.3 is 10.7 Å². The molecule has 1 aromatic carbocycles. The predicted octanol–water partition coefficient (Wildman–Crippen LogP) is 2.64. The van der Waals surface area contributed by atoms with E-state index in [1.807, 2.05) is 0 Å². The van der Waals surface area contributed by atoms with Gasteiger partial charge in [-0.05, 0) is 24.1 Å². The lowest BCUT2D eigenvalue weighted by Gasteiger charge is -2.13. The van der Waals surface area contributed by atoms with Crippen LogP contribution < -0.4 is 11.3 Å². The third kappa shape index (κ3) is 2.67. The van der Waals surface area contributed by atoms with Crippen molar-refractivity contribution >= 4 is 28.4 Å². The highest BCUT2D eigenvalue weighted by Gasteiger charge is 2.12. The van der Waals surface area contributed by atoms with Gasteiger partial charge in [0.15, 0.2) is 5.16 Å². The van der Waals surface area contributed by atoms with E-state index in [-0.39, 0.29) is 5.56 Å². The van der Waals surface area contributed by atoms with Gasteiger partial charge in [0.2, 0.25) is 0 Å². The molecule has 2 rings (SSSR count). The average Bonchev–Trinajstić information content (AvgIpc) is 2.30. The Hall–Kier alpha value is -1.49. The molecule has 18 heavy (non-hydrogen) atoms. The molecule has 0 aliphatic carbocycles. The molecule has 0 saturated carbocycles. The van der Waals surface area contributed by atoms with Crippen molar-refractivity contribution in [1.29, 1.82) is 0 Å². The second-order valence-corrected chi connectivity index (χ2v) is 6.08. The van der Waals surface area contributed by atoms with Gasteiger partial charge in [-0.15, -0.1) is 0 Å². The first kappa shape index (κ1) is 13.0. The van der Waals surface area contributed by atoms with E-state index in [2.05, 4.69) is 30.7 Å². The number of anilines is 1. The Balaban J connectivity index is 2.43. The summed E-state index contributed by atoms with van der Waals surface area (Å²) in [6.07, 6.45) is 0. The zero-order valence-electron chi connectivity index (χ0n) is 10.7. The molecule has 4 nitrogen and oxygen atoms in total. The number of nitrogen functional groups attached to an aromatic ring is 1. The van der Waals surface area contributed by atoms with Gasteiger partial charge in [-0.3, -0.25) is 4.79 Å². The molecule has 1 unspecified atom stereocenters. The maximum absolute atomic E-state index is 11.9. The second kappa shape index (κ2) is 5.02. The molecule has 1 heterocycles. The molecule has 0 radical (unpaired) electrons. The highest BCUT2D eigenvalue weighted by molar-refractivity contribution is 7.99. The Kier molecular flexibility index (Phi) is 3.61. The first-order chi connectivity index (χ1) is 8.47. The number of aromatic nitrogens is 2. The van der Waals surface area contributed by atoms with E-state index in [0.717, 1.165) is 0 Å². The molecule has 0 aliphatic rings. The zero-order chi connectivity index (χ0) is 13.3. The van der Waals surface area contributed by atoms with Crippen molar-refractivity contribution in [3.63, 3.8) is 0 Å². The summed E-state index contributed by atoms with van der Waals surface area (Å²) in [5, 5.41) is 1.61. The van der Waals surface area contributed by atoms with E-state index < -0.39 is 0 Å². The molecule has 2 aromatic rings. The summed E-state index contributed by atoms with van der Waals surface area (Å²) in [4.78, 5) is 19.2. The molecule has 0 aliphatic heterocycles. The lowest BCUT2D eigenvalue weighted by Crippen LogP contribution is -2.12. The molecule has 5 heteroatoms. The summed E-state index contributed by atoms with van der Waals surface area (Å²) < 4.78 is 0. The van der Waals surface area contributed by atoms with Crippen LogP contribution in [0.4, 0.5) is 5.69 Å². The van der Waals surface area contributed by atoms with Crippen molar-refractivity contribution in [3.8, 4) is 0 Å². The Morgan fingerprint density at radius 3 is 2.72 bits per heavy atom. The lowest BCUT2D eigenvalue weighted by molar-refractivity contribution is 0.640. The molecular formula is C13H17N3OS. The van der Waals surface area contributed by atoms with Crippen LogP contribution in [0.1, 0.15) is 20.8 Å². The van der Waals surface area contributed by atoms with Crippen LogP contribution in [-0.4, -0.2) is 15.2 Å². The number of thioether (sulfide) groups is 1. The SMILES string of the molecule is CC(C)C(C)Sc1nc2ccc(N)cc2c(=O)[nH]1. The molecular weight excluding hydrogens is 246 g/mol. The Morgan fingerprint density at radius 2 is 2.06 bits per heavy atom. The fraction of sp³-hybridized carbons (Fsp3) is 0.385. The van der Waals surface area contributed by atoms with Gasteiger partial charge in [0, 0.05) is 10.9 Å². The summed E-state index contributed by atoms with van der Waals surface area (Å²) in [5.41, 5.74) is 6.79. The lowest BCUT2D eigenvalue weighted by atomic mass is 10.2. The molecule has 1 atom stereocenters. The largest absolute Gasteiger partial charge is 0.399 e. The van der Waals surface area contributed by atoms with Gasteiger partial charge in [0.25, 0.3) is 5.56 Å². The maximum atomic E-state index is 11.9. The number of nitrogens with one attached hydrogen (secondary N) is 1. The van der Waals surface area contributed by atoms with Crippen molar-refractivity contribution in [2.75, 3.05) is 5.73 Å². The number of hydrogen-bond acceptors (Lipinski definition) is 4. The molecule has 0 bridgehead atoms. The van der Waals surface area contributed by atoms with Crippen LogP contribution in [0.3, 0.4) is 0 Å². The van der Waals surface area contributed by atoms with Gasteiger partial charge in [0.05, 0.1) is 10.9 Å². The fourth-order valence-electron chi connectivity index (χ4n) is 1.50. The standard InChI is InChI=1S/C13H17N3OS/c1-7(2)8(3)18-13-15-11-5-4-9(14)6-10(11)12(17)16-13/h4-8H,14H2,1-3H3,(H,15,16,17). The van der Waals surface area contributed by atoms with E-state index in [0.29, 0.717) is 32.9 Å². The number of nitrogens with zero attached hydrogens (tertiary/aromatic N) is 1. The van der Waals surface area contributed by atoms with Gasteiger partial charge in [-0.2, -0.15) is 0 Å². The quantitative estimate of drug-likeness (QED) is 0.507. The van der Waals surface area contributed by atoms with Crippen molar-refractivity contribution in [3.05, 3.63) is 28.6 Å². The van der Waals surface area contributed by atoms with Gasteiger partial charge in [0.1, 0.15) is 0 Å². The average molecular weight is 263 g/mol. The summed E-state index contributed by atoms with van der Waals surface area (Å²) in [7, 11) is 0. The minimum Gasteiger partial charge on any atom is -0.399 e. The molecule has 0 spiro atoms. The predicted molar refractivity (Wildman–Crippen MR) is 76.9 cm³/mol. The Morgan fingerprint density at radius 1 is 1.33 bits per heavy atom. The Labute approximate surface area is 110 Å². The van der Waals surface area contributed by atoms with Crippen LogP contribution in [0, 0.1) is 5.92 Å². The van der Waals surface area contributed by atoms with E-state index in [1.54, 1.807) is 30.0 Å². The molecule has 0 fully saturated rings. The van der Waals surface area contributed by atoms with E-state index in [1.165, 1.54) is 0 Å². The van der Waals surface area contributed by atoms with Crippen LogP contribution in [-0.2, 0) is 0 Å². The van der Waals surface area contributed by atoms with Crippen molar-refractivity contribution in [2.45, 2.75) is 31.2 Å². The van der Waals surface area contributed by atoms with Gasteiger partial charge in [-0.25, -0.2) is 4.98 Å². The van der Waals surface area contributed by atoms with Crippen LogP contribution in [0.5, 0.6) is 0 Å². The summed E-state index contributed by atoms with van der Waals surface area (Å²) in [6, 6.07) is 5.20. The zero-order valence-corrected chi connectivity index (χ0v) is 11.5. The first-order valence-electron chi connectivity index (χ1n) is 5.93. The molecule has 96 valence electrons. The number of nitrogens with two attached hydrogens (primary N) is 1. The van der Waals surface area contributed by atoms with Crippen molar-refractivity contribution in [2.24, 2.45) is 5.92 Å². The second-order valence-electron chi connectivity index (χ2n) is 4.71. The number of fused-ring (bicyclic) bond motifs is 1. The number of benzene rings is 1. The third-order valence-corrected chi connectivity index (χ3v) is 4.28. The third-order valence-electron chi connectivity index (χ3n) is 2.94. The molecule has 3 N–H and O–H groups in total. The van der Waals surface area contributed by atoms with E-state index in [9.17, 15) is 4.79 Å². The fourth-order valence-corrected chi connectivity index (χ4v) is 2.43. The topological polar surface area (TPSA) is 71.8 Å². The van der Waals surface area contributed by atoms with Gasteiger partial charge in [-0.1, -0.05) is 32.5 Å². The van der Waals surface area contributed by atoms with Gasteiger partial charge >= 0.3 is 0 Å². The normalized spacial score (nSPS) is 13.1. The molecule has 1 aromatic heterocycles. The number of aromatic amines is 1. The van der Waals surface area contributed by atoms with Crippen molar-refractivity contribution < 1.29 is 0 Å². The van der Waals surface area contributed by atoms with Crippen LogP contribution in [0.25, 0.3) is 10.9 Å². The van der Waals surface area contributed by atoms with Crippen molar-refractivity contribution in [1.82, 2.24) is 9.97 Å². The van der Waals surface area contributed by atoms with E-state index in [4.69, 9.17) is 5.73 Å². The highest BCUT2D eigenvalue weighted by atomic mass is 32.2. The van der Waals surface area contributed by atoms with E-state index >= 15 is 0 Å². The van der Waals surface area contributed by atoms with Crippen LogP contribution >= 0.6 is 11.8 Å². The maximum Gasteiger partial charge on any atom is 0.259 e. The summed E-state index contributed by atoms with van der Waals surface area (Å²) in [5.74, 6) is 0.530. The van der Waals surface area contributed by atoms with Crippen LogP contribution in [0.2, 0.25) is 0 Å². The number of rotatable bonds is 3.